The molecule has 0 aliphatic rings. The third kappa shape index (κ3) is 4.21. The van der Waals surface area contributed by atoms with E-state index >= 15 is 0 Å². The van der Waals surface area contributed by atoms with Gasteiger partial charge in [0.05, 0.1) is 18.3 Å². The molecular weight excluding hydrogens is 290 g/mol. The first-order valence-electron chi connectivity index (χ1n) is 6.49. The molecular formula is C15H19NO4S. The fraction of sp³-hybridized carbons (Fsp3) is 0.333. The Morgan fingerprint density at radius 2 is 1.95 bits per heavy atom. The highest BCUT2D eigenvalue weighted by Gasteiger charge is 2.26. The van der Waals surface area contributed by atoms with E-state index in [4.69, 9.17) is 4.74 Å². The van der Waals surface area contributed by atoms with Crippen LogP contribution in [0.3, 0.4) is 0 Å². The molecule has 0 amide bonds. The summed E-state index contributed by atoms with van der Waals surface area (Å²) in [5.41, 5.74) is 4.05. The molecule has 0 aromatic heterocycles. The lowest BCUT2D eigenvalue weighted by Gasteiger charge is -2.25. The molecule has 0 N–H and O–H groups in total. The van der Waals surface area contributed by atoms with Crippen molar-refractivity contribution in [2.75, 3.05) is 10.9 Å². The number of carbonyl (C=O) groups excluding carboxylic acids is 1. The lowest BCUT2D eigenvalue weighted by atomic mass is 10.1. The number of thiol groups is 1. The van der Waals surface area contributed by atoms with Gasteiger partial charge in [-0.3, -0.25) is 4.31 Å². The Kier molecular flexibility index (Phi) is 6.21. The second-order valence-electron chi connectivity index (χ2n) is 4.40. The molecule has 0 aliphatic carbocycles. The van der Waals surface area contributed by atoms with Gasteiger partial charge in [-0.15, -0.1) is 5.73 Å². The van der Waals surface area contributed by atoms with Crippen molar-refractivity contribution in [2.45, 2.75) is 26.8 Å². The highest BCUT2D eigenvalue weighted by atomic mass is 32.2. The predicted octanol–water partition coefficient (Wildman–Crippen LogP) is 1.99. The molecule has 1 aromatic rings. The topological polar surface area (TPSA) is 63.7 Å². The number of hydrogen-bond donors (Lipinski definition) is 1. The third-order valence-corrected chi connectivity index (χ3v) is 3.87. The molecule has 114 valence electrons. The lowest BCUT2D eigenvalue weighted by molar-refractivity contribution is -0.138. The van der Waals surface area contributed by atoms with Crippen molar-refractivity contribution in [3.05, 3.63) is 47.7 Å². The van der Waals surface area contributed by atoms with Gasteiger partial charge in [-0.05, 0) is 32.9 Å². The molecule has 0 spiro atoms. The molecule has 1 atom stereocenters. The van der Waals surface area contributed by atoms with Gasteiger partial charge >= 0.3 is 5.97 Å². The summed E-state index contributed by atoms with van der Waals surface area (Å²) in [6.07, 6.45) is 0. The van der Waals surface area contributed by atoms with Crippen molar-refractivity contribution in [1.29, 1.82) is 0 Å². The molecule has 1 unspecified atom stereocenters. The number of rotatable bonds is 6. The highest BCUT2D eigenvalue weighted by molar-refractivity contribution is 7.74. The van der Waals surface area contributed by atoms with Crippen LogP contribution in [0.5, 0.6) is 0 Å². The summed E-state index contributed by atoms with van der Waals surface area (Å²) in [6, 6.07) is 6.22. The van der Waals surface area contributed by atoms with E-state index in [0.717, 1.165) is 9.87 Å². The van der Waals surface area contributed by atoms with Gasteiger partial charge in [0, 0.05) is 0 Å². The van der Waals surface area contributed by atoms with Crippen molar-refractivity contribution in [2.24, 2.45) is 0 Å². The molecule has 0 aliphatic heterocycles. The Morgan fingerprint density at radius 1 is 1.38 bits per heavy atom. The van der Waals surface area contributed by atoms with E-state index < -0.39 is 22.9 Å². The maximum absolute atomic E-state index is 11.8. The molecule has 0 fully saturated rings. The van der Waals surface area contributed by atoms with Crippen LogP contribution in [0, 0.1) is 6.92 Å². The molecule has 0 heterocycles. The average Bonchev–Trinajstić information content (AvgIpc) is 2.42. The monoisotopic (exact) mass is 309 g/mol. The molecule has 1 rings (SSSR count). The molecule has 6 heteroatoms. The maximum Gasteiger partial charge on any atom is 0.344 e. The van der Waals surface area contributed by atoms with Gasteiger partial charge in [0.2, 0.25) is 10.9 Å². The minimum atomic E-state index is -2.92. The van der Waals surface area contributed by atoms with Gasteiger partial charge < -0.3 is 4.74 Å². The van der Waals surface area contributed by atoms with Crippen LogP contribution >= 0.6 is 0 Å². The van der Waals surface area contributed by atoms with Gasteiger partial charge in [-0.2, -0.15) is 0 Å². The largest absolute Gasteiger partial charge is 0.462 e. The number of hydrogen-bond acceptors (Lipinski definition) is 4. The molecule has 0 saturated heterocycles. The molecule has 21 heavy (non-hydrogen) atoms. The molecule has 5 nitrogen and oxygen atoms in total. The minimum Gasteiger partial charge on any atom is -0.462 e. The maximum atomic E-state index is 11.8. The van der Waals surface area contributed by atoms with E-state index in [9.17, 15) is 13.2 Å². The Balaban J connectivity index is 3.19. The van der Waals surface area contributed by atoms with E-state index in [1.54, 1.807) is 38.1 Å². The third-order valence-electron chi connectivity index (χ3n) is 2.94. The molecule has 0 radical (unpaired) electrons. The number of anilines is 1. The Hall–Kier alpha value is -2.04. The van der Waals surface area contributed by atoms with Crippen LogP contribution in [-0.2, 0) is 20.4 Å². The first-order valence-corrected chi connectivity index (χ1v) is 7.62. The summed E-state index contributed by atoms with van der Waals surface area (Å²) >= 11 is 0. The summed E-state index contributed by atoms with van der Waals surface area (Å²) in [5, 5.41) is 0. The van der Waals surface area contributed by atoms with Crippen LogP contribution in [0.15, 0.2) is 42.1 Å². The van der Waals surface area contributed by atoms with E-state index in [1.165, 1.54) is 0 Å². The average molecular weight is 309 g/mol. The van der Waals surface area contributed by atoms with Crippen LogP contribution in [0.25, 0.3) is 0 Å². The van der Waals surface area contributed by atoms with E-state index in [0.29, 0.717) is 5.69 Å². The summed E-state index contributed by atoms with van der Waals surface area (Å²) in [6.45, 7) is 8.82. The Bertz CT molecular complexity index is 620. The highest BCUT2D eigenvalue weighted by Crippen LogP contribution is 2.22. The van der Waals surface area contributed by atoms with E-state index in [-0.39, 0.29) is 12.2 Å². The summed E-state index contributed by atoms with van der Waals surface area (Å²) in [7, 11) is -2.92. The zero-order valence-electron chi connectivity index (χ0n) is 12.3. The standard InChI is InChI=1S/C15H19NO4S/c1-5-14(15(17)20-6-2)12(4)16(21(18)19)13-9-7-11(3)8-10-13/h7-10,12,21H,1,6H2,2-4H3. The smallest absolute Gasteiger partial charge is 0.344 e. The van der Waals surface area contributed by atoms with Gasteiger partial charge in [-0.1, -0.05) is 24.3 Å². The van der Waals surface area contributed by atoms with Gasteiger partial charge in [0.1, 0.15) is 5.57 Å². The summed E-state index contributed by atoms with van der Waals surface area (Å²) in [5.74, 6) is -0.617. The Labute approximate surface area is 126 Å². The van der Waals surface area contributed by atoms with Gasteiger partial charge in [0.15, 0.2) is 0 Å². The quantitative estimate of drug-likeness (QED) is 0.378. The Morgan fingerprint density at radius 3 is 2.38 bits per heavy atom. The van der Waals surface area contributed by atoms with Gasteiger partial charge in [0.25, 0.3) is 0 Å². The van der Waals surface area contributed by atoms with Crippen molar-refractivity contribution in [3.8, 4) is 0 Å². The number of ether oxygens (including phenoxy) is 1. The van der Waals surface area contributed by atoms with Crippen LogP contribution < -0.4 is 4.31 Å². The first kappa shape index (κ1) is 17.0. The summed E-state index contributed by atoms with van der Waals surface area (Å²) in [4.78, 5) is 11.8. The van der Waals surface area contributed by atoms with E-state index in [2.05, 4.69) is 12.3 Å². The minimum absolute atomic E-state index is 0.0802. The van der Waals surface area contributed by atoms with Crippen LogP contribution in [0.1, 0.15) is 19.4 Å². The second-order valence-corrected chi connectivity index (χ2v) is 5.31. The number of carbonyl (C=O) groups is 1. The van der Waals surface area contributed by atoms with Crippen molar-refractivity contribution < 1.29 is 17.9 Å². The van der Waals surface area contributed by atoms with Crippen molar-refractivity contribution >= 4 is 22.5 Å². The van der Waals surface area contributed by atoms with Crippen molar-refractivity contribution in [3.63, 3.8) is 0 Å². The molecule has 1 aromatic carbocycles. The van der Waals surface area contributed by atoms with Gasteiger partial charge in [-0.25, -0.2) is 13.2 Å². The van der Waals surface area contributed by atoms with Crippen LogP contribution in [0.4, 0.5) is 5.69 Å². The number of nitrogens with zero attached hydrogens (tertiary/aromatic N) is 1. The first-order chi connectivity index (χ1) is 9.92. The fourth-order valence-corrected chi connectivity index (χ4v) is 2.60. The van der Waals surface area contributed by atoms with Crippen molar-refractivity contribution in [1.82, 2.24) is 0 Å². The van der Waals surface area contributed by atoms with Crippen LogP contribution in [-0.4, -0.2) is 27.0 Å². The lowest BCUT2D eigenvalue weighted by Crippen LogP contribution is -2.36. The normalized spacial score (nSPS) is 11.6. The number of benzene rings is 1. The van der Waals surface area contributed by atoms with E-state index in [1.807, 2.05) is 6.92 Å². The van der Waals surface area contributed by atoms with Crippen LogP contribution in [0.2, 0.25) is 0 Å². The fourth-order valence-electron chi connectivity index (χ4n) is 1.88. The zero-order valence-corrected chi connectivity index (χ0v) is 13.2. The zero-order chi connectivity index (χ0) is 16.0. The molecule has 0 bridgehead atoms. The number of esters is 1. The predicted molar refractivity (Wildman–Crippen MR) is 82.7 cm³/mol. The number of aryl methyl sites for hydroxylation is 1. The second kappa shape index (κ2) is 7.67. The SMILES string of the molecule is C=C=C(C(=O)OCC)C(C)N(c1ccc(C)cc1)[SH](=O)=O. The molecule has 0 saturated carbocycles. The summed E-state index contributed by atoms with van der Waals surface area (Å²) < 4.78 is 29.2.